The Hall–Kier alpha value is -0.600. The Labute approximate surface area is 104 Å². The second-order valence-corrected chi connectivity index (χ2v) is 6.71. The molecule has 0 aromatic carbocycles. The van der Waals surface area contributed by atoms with Crippen LogP contribution in [-0.4, -0.2) is 20.2 Å². The van der Waals surface area contributed by atoms with Gasteiger partial charge in [0.05, 0.1) is 6.07 Å². The van der Waals surface area contributed by atoms with Gasteiger partial charge in [-0.3, -0.25) is 0 Å². The molecule has 0 amide bonds. The van der Waals surface area contributed by atoms with Crippen LogP contribution in [0.1, 0.15) is 51.9 Å². The zero-order chi connectivity index (χ0) is 12.7. The lowest BCUT2D eigenvalue weighted by Gasteiger charge is -2.21. The molecule has 0 spiro atoms. The first-order valence-corrected chi connectivity index (χ1v) is 8.03. The Morgan fingerprint density at radius 2 is 2.00 bits per heavy atom. The van der Waals surface area contributed by atoms with Crippen LogP contribution >= 0.6 is 0 Å². The van der Waals surface area contributed by atoms with E-state index < -0.39 is 15.3 Å². The Balaban J connectivity index is 2.32. The summed E-state index contributed by atoms with van der Waals surface area (Å²) >= 11 is 0. The van der Waals surface area contributed by atoms with Crippen LogP contribution in [0, 0.1) is 17.2 Å². The lowest BCUT2D eigenvalue weighted by molar-refractivity contribution is 0.339. The first kappa shape index (κ1) is 14.5. The molecule has 1 unspecified atom stereocenters. The van der Waals surface area contributed by atoms with Gasteiger partial charge in [0, 0.05) is 6.54 Å². The number of hydrogen-bond donors (Lipinski definition) is 1. The fraction of sp³-hybridized carbons (Fsp3) is 0.917. The molecular weight excluding hydrogens is 236 g/mol. The maximum absolute atomic E-state index is 11.7. The van der Waals surface area contributed by atoms with Crippen molar-refractivity contribution >= 4 is 10.0 Å². The zero-order valence-corrected chi connectivity index (χ0v) is 11.3. The highest BCUT2D eigenvalue weighted by Crippen LogP contribution is 2.25. The summed E-state index contributed by atoms with van der Waals surface area (Å²) in [4.78, 5) is 0. The first-order valence-electron chi connectivity index (χ1n) is 6.48. The summed E-state index contributed by atoms with van der Waals surface area (Å²) in [5.74, 6) is 0.661. The largest absolute Gasteiger partial charge is 0.227 e. The van der Waals surface area contributed by atoms with Crippen LogP contribution in [0.2, 0.25) is 0 Å². The van der Waals surface area contributed by atoms with E-state index in [2.05, 4.69) is 4.72 Å². The van der Waals surface area contributed by atoms with Gasteiger partial charge in [-0.05, 0) is 18.8 Å². The molecule has 0 radical (unpaired) electrons. The maximum Gasteiger partial charge on any atom is 0.227 e. The van der Waals surface area contributed by atoms with E-state index in [1.165, 1.54) is 32.1 Å². The van der Waals surface area contributed by atoms with Gasteiger partial charge in [-0.25, -0.2) is 13.1 Å². The number of nitrogens with one attached hydrogen (secondary N) is 1. The van der Waals surface area contributed by atoms with Crippen molar-refractivity contribution in [3.63, 3.8) is 0 Å². The highest BCUT2D eigenvalue weighted by Gasteiger charge is 2.23. The van der Waals surface area contributed by atoms with E-state index in [0.717, 1.165) is 6.42 Å². The van der Waals surface area contributed by atoms with Crippen LogP contribution in [-0.2, 0) is 10.0 Å². The lowest BCUT2D eigenvalue weighted by Crippen LogP contribution is -2.34. The van der Waals surface area contributed by atoms with Gasteiger partial charge in [0.2, 0.25) is 10.0 Å². The second-order valence-electron chi connectivity index (χ2n) is 4.76. The summed E-state index contributed by atoms with van der Waals surface area (Å²) in [6.45, 7) is 2.19. The molecule has 98 valence electrons. The monoisotopic (exact) mass is 258 g/mol. The number of hydrogen-bond acceptors (Lipinski definition) is 3. The van der Waals surface area contributed by atoms with Crippen LogP contribution in [0.3, 0.4) is 0 Å². The molecule has 1 atom stereocenters. The summed E-state index contributed by atoms with van der Waals surface area (Å²) in [6, 6.07) is 1.83. The fourth-order valence-corrected chi connectivity index (χ4v) is 3.54. The van der Waals surface area contributed by atoms with Crippen molar-refractivity contribution in [1.82, 2.24) is 4.72 Å². The standard InChI is InChI=1S/C12H22N2O2S/c1-2-12(10-13)17(15,16)14-9-8-11-6-4-3-5-7-11/h11-12,14H,2-9H2,1H3. The van der Waals surface area contributed by atoms with Crippen molar-refractivity contribution in [2.45, 2.75) is 57.1 Å². The minimum atomic E-state index is -3.43. The number of nitriles is 1. The van der Waals surface area contributed by atoms with Crippen molar-refractivity contribution in [3.8, 4) is 6.07 Å². The average Bonchev–Trinajstić information content (AvgIpc) is 2.31. The molecule has 1 saturated carbocycles. The second kappa shape index (κ2) is 6.97. The normalized spacial score (nSPS) is 19.8. The molecule has 1 aliphatic rings. The molecule has 0 bridgehead atoms. The van der Waals surface area contributed by atoms with Crippen LogP contribution in [0.25, 0.3) is 0 Å². The van der Waals surface area contributed by atoms with E-state index in [9.17, 15) is 8.42 Å². The van der Waals surface area contributed by atoms with Crippen molar-refractivity contribution in [2.24, 2.45) is 5.92 Å². The minimum Gasteiger partial charge on any atom is -0.214 e. The average molecular weight is 258 g/mol. The van der Waals surface area contributed by atoms with Crippen LogP contribution in [0.5, 0.6) is 0 Å². The van der Waals surface area contributed by atoms with E-state index in [0.29, 0.717) is 18.9 Å². The third-order valence-corrected chi connectivity index (χ3v) is 5.26. The Kier molecular flexibility index (Phi) is 5.93. The molecule has 1 aliphatic carbocycles. The molecule has 1 rings (SSSR count). The summed E-state index contributed by atoms with van der Waals surface area (Å²) in [7, 11) is -3.43. The van der Waals surface area contributed by atoms with Crippen LogP contribution in [0.15, 0.2) is 0 Å². The number of nitrogens with zero attached hydrogens (tertiary/aromatic N) is 1. The summed E-state index contributed by atoms with van der Waals surface area (Å²) in [6.07, 6.45) is 7.54. The van der Waals surface area contributed by atoms with E-state index in [1.54, 1.807) is 6.92 Å². The van der Waals surface area contributed by atoms with Crippen LogP contribution < -0.4 is 4.72 Å². The summed E-state index contributed by atoms with van der Waals surface area (Å²) < 4.78 is 26.0. The summed E-state index contributed by atoms with van der Waals surface area (Å²) in [5.41, 5.74) is 0. The van der Waals surface area contributed by atoms with E-state index in [4.69, 9.17) is 5.26 Å². The molecule has 5 heteroatoms. The fourth-order valence-electron chi connectivity index (χ4n) is 2.36. The Morgan fingerprint density at radius 3 is 2.53 bits per heavy atom. The summed E-state index contributed by atoms with van der Waals surface area (Å²) in [5, 5.41) is 7.83. The maximum atomic E-state index is 11.7. The van der Waals surface area contributed by atoms with Crippen molar-refractivity contribution in [1.29, 1.82) is 5.26 Å². The Morgan fingerprint density at radius 1 is 1.35 bits per heavy atom. The van der Waals surface area contributed by atoms with Gasteiger partial charge in [0.1, 0.15) is 0 Å². The quantitative estimate of drug-likeness (QED) is 0.793. The zero-order valence-electron chi connectivity index (χ0n) is 10.5. The lowest BCUT2D eigenvalue weighted by atomic mass is 9.87. The molecule has 17 heavy (non-hydrogen) atoms. The van der Waals surface area contributed by atoms with E-state index in [-0.39, 0.29) is 0 Å². The predicted molar refractivity (Wildman–Crippen MR) is 67.8 cm³/mol. The van der Waals surface area contributed by atoms with Gasteiger partial charge in [0.25, 0.3) is 0 Å². The molecule has 0 aromatic rings. The van der Waals surface area contributed by atoms with Crippen molar-refractivity contribution in [3.05, 3.63) is 0 Å². The highest BCUT2D eigenvalue weighted by molar-refractivity contribution is 7.90. The molecular formula is C12H22N2O2S. The molecule has 1 fully saturated rings. The van der Waals surface area contributed by atoms with Crippen molar-refractivity contribution in [2.75, 3.05) is 6.54 Å². The van der Waals surface area contributed by atoms with E-state index in [1.807, 2.05) is 6.07 Å². The van der Waals surface area contributed by atoms with Gasteiger partial charge in [-0.1, -0.05) is 39.0 Å². The molecule has 4 nitrogen and oxygen atoms in total. The van der Waals surface area contributed by atoms with E-state index >= 15 is 0 Å². The first-order chi connectivity index (χ1) is 8.10. The van der Waals surface area contributed by atoms with Crippen molar-refractivity contribution < 1.29 is 8.42 Å². The van der Waals surface area contributed by atoms with Crippen LogP contribution in [0.4, 0.5) is 0 Å². The molecule has 0 aromatic heterocycles. The van der Waals surface area contributed by atoms with Gasteiger partial charge < -0.3 is 0 Å². The molecule has 0 saturated heterocycles. The topological polar surface area (TPSA) is 70.0 Å². The highest BCUT2D eigenvalue weighted by atomic mass is 32.2. The number of rotatable bonds is 6. The third-order valence-electron chi connectivity index (χ3n) is 3.47. The molecule has 1 N–H and O–H groups in total. The molecule has 0 heterocycles. The van der Waals surface area contributed by atoms with Gasteiger partial charge >= 0.3 is 0 Å². The Bertz CT molecular complexity index is 353. The van der Waals surface area contributed by atoms with Gasteiger partial charge in [0.15, 0.2) is 5.25 Å². The van der Waals surface area contributed by atoms with Gasteiger partial charge in [-0.15, -0.1) is 0 Å². The minimum absolute atomic E-state index is 0.343. The predicted octanol–water partition coefficient (Wildman–Crippen LogP) is 2.18. The smallest absolute Gasteiger partial charge is 0.214 e. The number of sulfonamides is 1. The molecule has 0 aliphatic heterocycles. The SMILES string of the molecule is CCC(C#N)S(=O)(=O)NCCC1CCCCC1. The van der Waals surface area contributed by atoms with Gasteiger partial charge in [-0.2, -0.15) is 5.26 Å². The third kappa shape index (κ3) is 4.64.